The third-order valence-electron chi connectivity index (χ3n) is 2.26. The number of nitrogen functional groups attached to an aromatic ring is 1. The third kappa shape index (κ3) is 2.93. The van der Waals surface area contributed by atoms with E-state index in [0.717, 1.165) is 18.1 Å². The van der Waals surface area contributed by atoms with E-state index in [1.165, 1.54) is 7.05 Å². The van der Waals surface area contributed by atoms with E-state index < -0.39 is 29.1 Å². The number of amides is 1. The molecule has 1 aromatic carbocycles. The number of ether oxygens (including phenoxy) is 1. The van der Waals surface area contributed by atoms with Crippen LogP contribution in [0.15, 0.2) is 12.1 Å². The monoisotopic (exact) mass is 258 g/mol. The molecule has 0 aromatic heterocycles. The predicted molar refractivity (Wildman–Crippen MR) is 59.7 cm³/mol. The zero-order chi connectivity index (χ0) is 13.9. The summed E-state index contributed by atoms with van der Waals surface area (Å²) in [4.78, 5) is 23.7. The van der Waals surface area contributed by atoms with Gasteiger partial charge in [0.2, 0.25) is 0 Å². The molecule has 0 atom stereocenters. The summed E-state index contributed by atoms with van der Waals surface area (Å²) in [6.45, 7) is -0.341. The van der Waals surface area contributed by atoms with Crippen LogP contribution >= 0.6 is 0 Å². The number of rotatable bonds is 3. The molecule has 1 aromatic rings. The van der Waals surface area contributed by atoms with Gasteiger partial charge in [0.15, 0.2) is 0 Å². The zero-order valence-electron chi connectivity index (χ0n) is 9.87. The first-order chi connectivity index (χ1) is 8.36. The summed E-state index contributed by atoms with van der Waals surface area (Å²) < 4.78 is 30.7. The number of halogens is 2. The van der Waals surface area contributed by atoms with Gasteiger partial charge in [0, 0.05) is 13.1 Å². The smallest absolute Gasteiger partial charge is 0.325 e. The van der Waals surface area contributed by atoms with Gasteiger partial charge in [-0.3, -0.25) is 9.59 Å². The molecule has 0 unspecified atom stereocenters. The standard InChI is InChI=1S/C11H12F2N2O3/c1-15(5-10(16)18-2)11(17)6-3-9(14)8(13)4-7(6)12/h3-4H,5,14H2,1-2H3. The van der Waals surface area contributed by atoms with E-state index >= 15 is 0 Å². The number of benzene rings is 1. The summed E-state index contributed by atoms with van der Waals surface area (Å²) in [6, 6.07) is 1.41. The van der Waals surface area contributed by atoms with E-state index in [9.17, 15) is 18.4 Å². The second kappa shape index (κ2) is 5.44. The highest BCUT2D eigenvalue weighted by Gasteiger charge is 2.20. The van der Waals surface area contributed by atoms with Crippen molar-refractivity contribution in [2.75, 3.05) is 26.4 Å². The quantitative estimate of drug-likeness (QED) is 0.642. The van der Waals surface area contributed by atoms with Gasteiger partial charge in [-0.2, -0.15) is 0 Å². The molecular weight excluding hydrogens is 246 g/mol. The second-order valence-corrected chi connectivity index (χ2v) is 3.59. The summed E-state index contributed by atoms with van der Waals surface area (Å²) in [6.07, 6.45) is 0. The minimum atomic E-state index is -1.04. The summed E-state index contributed by atoms with van der Waals surface area (Å²) in [7, 11) is 2.45. The van der Waals surface area contributed by atoms with Gasteiger partial charge in [-0.25, -0.2) is 8.78 Å². The molecule has 0 spiro atoms. The van der Waals surface area contributed by atoms with Crippen molar-refractivity contribution in [3.8, 4) is 0 Å². The molecule has 0 aliphatic carbocycles. The number of likely N-dealkylation sites (N-methyl/N-ethyl adjacent to an activating group) is 1. The zero-order valence-corrected chi connectivity index (χ0v) is 9.87. The maximum Gasteiger partial charge on any atom is 0.325 e. The molecule has 98 valence electrons. The Labute approximate surface area is 102 Å². The third-order valence-corrected chi connectivity index (χ3v) is 2.26. The van der Waals surface area contributed by atoms with Crippen molar-refractivity contribution >= 4 is 17.6 Å². The summed E-state index contributed by atoms with van der Waals surface area (Å²) in [5.41, 5.74) is 4.51. The van der Waals surface area contributed by atoms with Crippen LogP contribution in [-0.2, 0) is 9.53 Å². The molecule has 7 heteroatoms. The number of hydrogen-bond acceptors (Lipinski definition) is 4. The molecule has 0 saturated carbocycles. The molecule has 0 fully saturated rings. The Kier molecular flexibility index (Phi) is 4.19. The second-order valence-electron chi connectivity index (χ2n) is 3.59. The number of anilines is 1. The van der Waals surface area contributed by atoms with Crippen molar-refractivity contribution in [1.82, 2.24) is 4.90 Å². The number of carbonyl (C=O) groups is 2. The molecule has 1 rings (SSSR count). The Hall–Kier alpha value is -2.18. The van der Waals surface area contributed by atoms with Crippen LogP contribution in [-0.4, -0.2) is 37.5 Å². The van der Waals surface area contributed by atoms with Gasteiger partial charge < -0.3 is 15.4 Å². The normalized spacial score (nSPS) is 10.0. The SMILES string of the molecule is COC(=O)CN(C)C(=O)c1cc(N)c(F)cc1F. The number of hydrogen-bond donors (Lipinski definition) is 1. The van der Waals surface area contributed by atoms with Crippen LogP contribution in [0.2, 0.25) is 0 Å². The van der Waals surface area contributed by atoms with Crippen LogP contribution in [0.4, 0.5) is 14.5 Å². The van der Waals surface area contributed by atoms with Crippen molar-refractivity contribution in [2.45, 2.75) is 0 Å². The number of nitrogens with zero attached hydrogens (tertiary/aromatic N) is 1. The van der Waals surface area contributed by atoms with E-state index in [1.54, 1.807) is 0 Å². The number of methoxy groups -OCH3 is 1. The Morgan fingerprint density at radius 2 is 1.94 bits per heavy atom. The van der Waals surface area contributed by atoms with Crippen LogP contribution < -0.4 is 5.73 Å². The molecule has 1 amide bonds. The molecule has 0 saturated heterocycles. The van der Waals surface area contributed by atoms with Crippen molar-refractivity contribution in [3.63, 3.8) is 0 Å². The van der Waals surface area contributed by atoms with Crippen LogP contribution in [0.1, 0.15) is 10.4 Å². The maximum absolute atomic E-state index is 13.4. The molecule has 0 aliphatic heterocycles. The molecule has 0 aliphatic rings. The van der Waals surface area contributed by atoms with Crippen LogP contribution in [0, 0.1) is 11.6 Å². The summed E-state index contributed by atoms with van der Waals surface area (Å²) in [5, 5.41) is 0. The van der Waals surface area contributed by atoms with Gasteiger partial charge in [-0.05, 0) is 6.07 Å². The topological polar surface area (TPSA) is 72.6 Å². The average Bonchev–Trinajstić information content (AvgIpc) is 2.32. The highest BCUT2D eigenvalue weighted by molar-refractivity contribution is 5.96. The lowest BCUT2D eigenvalue weighted by Gasteiger charge is -2.16. The van der Waals surface area contributed by atoms with Gasteiger partial charge in [-0.15, -0.1) is 0 Å². The van der Waals surface area contributed by atoms with Crippen LogP contribution in [0.3, 0.4) is 0 Å². The molecule has 18 heavy (non-hydrogen) atoms. The van der Waals surface area contributed by atoms with Gasteiger partial charge in [0.25, 0.3) is 5.91 Å². The van der Waals surface area contributed by atoms with Gasteiger partial charge in [-0.1, -0.05) is 0 Å². The Morgan fingerprint density at radius 1 is 1.33 bits per heavy atom. The number of esters is 1. The van der Waals surface area contributed by atoms with E-state index in [4.69, 9.17) is 5.73 Å². The first kappa shape index (κ1) is 13.9. The highest BCUT2D eigenvalue weighted by Crippen LogP contribution is 2.17. The van der Waals surface area contributed by atoms with Crippen molar-refractivity contribution in [3.05, 3.63) is 29.3 Å². The first-order valence-electron chi connectivity index (χ1n) is 4.93. The van der Waals surface area contributed by atoms with E-state index in [1.807, 2.05) is 0 Å². The molecular formula is C11H12F2N2O3. The van der Waals surface area contributed by atoms with Crippen LogP contribution in [0.25, 0.3) is 0 Å². The highest BCUT2D eigenvalue weighted by atomic mass is 19.1. The van der Waals surface area contributed by atoms with E-state index in [0.29, 0.717) is 6.07 Å². The van der Waals surface area contributed by atoms with E-state index in [-0.39, 0.29) is 12.2 Å². The predicted octanol–water partition coefficient (Wildman–Crippen LogP) is 0.792. The number of nitrogens with two attached hydrogens (primary N) is 1. The fraction of sp³-hybridized carbons (Fsp3) is 0.273. The fourth-order valence-electron chi connectivity index (χ4n) is 1.27. The molecule has 0 heterocycles. The van der Waals surface area contributed by atoms with Gasteiger partial charge in [0.05, 0.1) is 18.4 Å². The maximum atomic E-state index is 13.4. The lowest BCUT2D eigenvalue weighted by molar-refractivity contribution is -0.141. The molecule has 2 N–H and O–H groups in total. The molecule has 5 nitrogen and oxygen atoms in total. The Balaban J connectivity index is 2.97. The lowest BCUT2D eigenvalue weighted by Crippen LogP contribution is -2.33. The molecule has 0 bridgehead atoms. The first-order valence-corrected chi connectivity index (χ1v) is 4.93. The Bertz CT molecular complexity index is 491. The van der Waals surface area contributed by atoms with Crippen molar-refractivity contribution in [2.24, 2.45) is 0 Å². The van der Waals surface area contributed by atoms with Gasteiger partial charge in [0.1, 0.15) is 18.2 Å². The van der Waals surface area contributed by atoms with Crippen molar-refractivity contribution < 1.29 is 23.1 Å². The fourth-order valence-corrected chi connectivity index (χ4v) is 1.27. The Morgan fingerprint density at radius 3 is 2.50 bits per heavy atom. The van der Waals surface area contributed by atoms with Crippen molar-refractivity contribution in [1.29, 1.82) is 0 Å². The van der Waals surface area contributed by atoms with E-state index in [2.05, 4.69) is 4.74 Å². The van der Waals surface area contributed by atoms with Gasteiger partial charge >= 0.3 is 5.97 Å². The lowest BCUT2D eigenvalue weighted by atomic mass is 10.1. The minimum absolute atomic E-state index is 0.341. The largest absolute Gasteiger partial charge is 0.468 e. The summed E-state index contributed by atoms with van der Waals surface area (Å²) >= 11 is 0. The average molecular weight is 258 g/mol. The molecule has 0 radical (unpaired) electrons. The summed E-state index contributed by atoms with van der Waals surface area (Å²) in [5.74, 6) is -3.42. The van der Waals surface area contributed by atoms with Crippen LogP contribution in [0.5, 0.6) is 0 Å². The minimum Gasteiger partial charge on any atom is -0.468 e. The number of carbonyl (C=O) groups excluding carboxylic acids is 2.